The lowest BCUT2D eigenvalue weighted by atomic mass is 9.96. The van der Waals surface area contributed by atoms with E-state index < -0.39 is 45.3 Å². The van der Waals surface area contributed by atoms with Crippen LogP contribution in [-0.4, -0.2) is 65.4 Å². The molecule has 2 fully saturated rings. The molecule has 3 rings (SSSR count). The highest BCUT2D eigenvalue weighted by Crippen LogP contribution is 2.40. The van der Waals surface area contributed by atoms with Crippen molar-refractivity contribution in [2.24, 2.45) is 11.8 Å². The van der Waals surface area contributed by atoms with Gasteiger partial charge in [-0.05, 0) is 76.1 Å². The van der Waals surface area contributed by atoms with Gasteiger partial charge in [0.1, 0.15) is 6.04 Å². The monoisotopic (exact) mass is 533 g/mol. The van der Waals surface area contributed by atoms with Gasteiger partial charge in [-0.1, -0.05) is 13.3 Å². The number of sulfonamides is 1. The smallest absolute Gasteiger partial charge is 0.416 e. The lowest BCUT2D eigenvalue weighted by Crippen LogP contribution is -2.58. The van der Waals surface area contributed by atoms with Gasteiger partial charge in [0.05, 0.1) is 10.5 Å². The number of carbonyl (C=O) groups is 2. The van der Waals surface area contributed by atoms with Crippen LogP contribution >= 0.6 is 0 Å². The van der Waals surface area contributed by atoms with Crippen molar-refractivity contribution in [1.29, 1.82) is 0 Å². The first-order valence-corrected chi connectivity index (χ1v) is 13.5. The molecule has 202 valence electrons. The predicted octanol–water partition coefficient (Wildman–Crippen LogP) is 4.17. The SMILES string of the molecule is CCCC(C(=O)N[C@@H]1CC[C@H]2CN(S(=O)(=O)c3ccc(C(F)(F)F)cc3)C[C@H]21)N(C(=O)O)C(C)(C)C. The van der Waals surface area contributed by atoms with Gasteiger partial charge in [0, 0.05) is 24.7 Å². The minimum absolute atomic E-state index is 0.00217. The molecular weight excluding hydrogens is 499 g/mol. The van der Waals surface area contributed by atoms with E-state index in [1.54, 1.807) is 20.8 Å². The quantitative estimate of drug-likeness (QED) is 0.547. The van der Waals surface area contributed by atoms with E-state index in [-0.39, 0.29) is 35.9 Å². The van der Waals surface area contributed by atoms with Crippen molar-refractivity contribution in [3.63, 3.8) is 0 Å². The average Bonchev–Trinajstić information content (AvgIpc) is 3.34. The molecule has 1 aliphatic heterocycles. The molecule has 1 aromatic rings. The Labute approximate surface area is 209 Å². The molecule has 1 heterocycles. The second-order valence-electron chi connectivity index (χ2n) is 10.6. The van der Waals surface area contributed by atoms with Crippen molar-refractivity contribution in [3.05, 3.63) is 29.8 Å². The van der Waals surface area contributed by atoms with E-state index in [1.165, 1.54) is 4.31 Å². The van der Waals surface area contributed by atoms with Crippen LogP contribution in [0.5, 0.6) is 0 Å². The van der Waals surface area contributed by atoms with Crippen molar-refractivity contribution >= 4 is 22.0 Å². The third-order valence-corrected chi connectivity index (χ3v) is 8.92. The van der Waals surface area contributed by atoms with Gasteiger partial charge in [-0.2, -0.15) is 17.5 Å². The summed E-state index contributed by atoms with van der Waals surface area (Å²) in [6, 6.07) is 2.25. The minimum Gasteiger partial charge on any atom is -0.465 e. The number of hydrogen-bond acceptors (Lipinski definition) is 4. The van der Waals surface area contributed by atoms with E-state index in [0.717, 1.165) is 29.2 Å². The van der Waals surface area contributed by atoms with E-state index in [1.807, 2.05) is 6.92 Å². The van der Waals surface area contributed by atoms with Crippen LogP contribution in [0.15, 0.2) is 29.2 Å². The van der Waals surface area contributed by atoms with Crippen molar-refractivity contribution in [1.82, 2.24) is 14.5 Å². The van der Waals surface area contributed by atoms with Crippen molar-refractivity contribution in [3.8, 4) is 0 Å². The van der Waals surface area contributed by atoms with Crippen LogP contribution in [0.3, 0.4) is 0 Å². The zero-order chi connectivity index (χ0) is 27.1. The van der Waals surface area contributed by atoms with Gasteiger partial charge in [0.15, 0.2) is 0 Å². The molecule has 36 heavy (non-hydrogen) atoms. The molecule has 8 nitrogen and oxygen atoms in total. The summed E-state index contributed by atoms with van der Waals surface area (Å²) in [5, 5.41) is 12.8. The third-order valence-electron chi connectivity index (χ3n) is 7.08. The molecule has 1 aliphatic carbocycles. The number of nitrogens with one attached hydrogen (secondary N) is 1. The van der Waals surface area contributed by atoms with Gasteiger partial charge in [-0.3, -0.25) is 9.69 Å². The van der Waals surface area contributed by atoms with Crippen molar-refractivity contribution in [2.45, 2.75) is 82.1 Å². The summed E-state index contributed by atoms with van der Waals surface area (Å²) in [7, 11) is -4.00. The number of halogens is 3. The van der Waals surface area contributed by atoms with Gasteiger partial charge in [0.25, 0.3) is 0 Å². The van der Waals surface area contributed by atoms with Gasteiger partial charge in [-0.25, -0.2) is 13.2 Å². The van der Waals surface area contributed by atoms with Gasteiger partial charge < -0.3 is 10.4 Å². The Bertz CT molecular complexity index is 1070. The second-order valence-corrected chi connectivity index (χ2v) is 12.5. The lowest BCUT2D eigenvalue weighted by Gasteiger charge is -2.39. The normalized spacial score (nSPS) is 23.8. The lowest BCUT2D eigenvalue weighted by molar-refractivity contribution is -0.137. The maximum absolute atomic E-state index is 13.2. The fourth-order valence-electron chi connectivity index (χ4n) is 5.38. The summed E-state index contributed by atoms with van der Waals surface area (Å²) < 4.78 is 66.1. The molecule has 12 heteroatoms. The summed E-state index contributed by atoms with van der Waals surface area (Å²) in [6.07, 6.45) is -3.45. The van der Waals surface area contributed by atoms with Crippen LogP contribution in [0, 0.1) is 11.8 Å². The topological polar surface area (TPSA) is 107 Å². The molecule has 1 saturated heterocycles. The first-order valence-electron chi connectivity index (χ1n) is 12.1. The van der Waals surface area contributed by atoms with Crippen LogP contribution in [0.25, 0.3) is 0 Å². The molecule has 4 atom stereocenters. The molecule has 0 bridgehead atoms. The molecule has 1 saturated carbocycles. The van der Waals surface area contributed by atoms with Crippen molar-refractivity contribution in [2.75, 3.05) is 13.1 Å². The van der Waals surface area contributed by atoms with Crippen LogP contribution < -0.4 is 5.32 Å². The average molecular weight is 534 g/mol. The fraction of sp³-hybridized carbons (Fsp3) is 0.667. The molecule has 0 spiro atoms. The maximum atomic E-state index is 13.2. The standard InChI is InChI=1S/C24H34F3N3O5S/c1-5-6-20(30(22(32)33)23(2,3)4)21(31)28-19-12-7-15-13-29(14-18(15)19)36(34,35)17-10-8-16(9-11-17)24(25,26)27/h8-11,15,18-20H,5-7,12-14H2,1-4H3,(H,28,31)(H,32,33)/t15-,18+,19+,20?/m0/s1. The largest absolute Gasteiger partial charge is 0.465 e. The summed E-state index contributed by atoms with van der Waals surface area (Å²) in [4.78, 5) is 26.2. The van der Waals surface area contributed by atoms with Crippen molar-refractivity contribution < 1.29 is 36.3 Å². The molecule has 0 aromatic heterocycles. The third kappa shape index (κ3) is 5.80. The predicted molar refractivity (Wildman–Crippen MR) is 127 cm³/mol. The Kier molecular flexibility index (Phi) is 8.00. The second kappa shape index (κ2) is 10.2. The van der Waals surface area contributed by atoms with Crippen LogP contribution in [0.1, 0.15) is 58.9 Å². The highest BCUT2D eigenvalue weighted by Gasteiger charge is 2.48. The van der Waals surface area contributed by atoms with Crippen LogP contribution in [-0.2, 0) is 21.0 Å². The molecule has 0 radical (unpaired) electrons. The Morgan fingerprint density at radius 2 is 1.75 bits per heavy atom. The molecule has 1 aromatic carbocycles. The number of nitrogens with zero attached hydrogens (tertiary/aromatic N) is 2. The van der Waals surface area contributed by atoms with Crippen LogP contribution in [0.2, 0.25) is 0 Å². The molecule has 1 unspecified atom stereocenters. The minimum atomic E-state index is -4.56. The fourth-order valence-corrected chi connectivity index (χ4v) is 6.92. The highest BCUT2D eigenvalue weighted by atomic mass is 32.2. The first-order chi connectivity index (χ1) is 16.6. The molecule has 2 N–H and O–H groups in total. The van der Waals surface area contributed by atoms with E-state index in [0.29, 0.717) is 25.7 Å². The Morgan fingerprint density at radius 1 is 1.14 bits per heavy atom. The number of fused-ring (bicyclic) bond motifs is 1. The zero-order valence-corrected chi connectivity index (χ0v) is 21.7. The molecular formula is C24H34F3N3O5S. The Hall–Kier alpha value is -2.34. The zero-order valence-electron chi connectivity index (χ0n) is 20.9. The number of benzene rings is 1. The molecule has 2 aliphatic rings. The number of alkyl halides is 3. The number of amides is 2. The maximum Gasteiger partial charge on any atom is 0.416 e. The van der Waals surface area contributed by atoms with Crippen LogP contribution in [0.4, 0.5) is 18.0 Å². The summed E-state index contributed by atoms with van der Waals surface area (Å²) in [6.45, 7) is 7.41. The van der Waals surface area contributed by atoms with E-state index in [4.69, 9.17) is 0 Å². The van der Waals surface area contributed by atoms with Gasteiger partial charge in [0.2, 0.25) is 15.9 Å². The summed E-state index contributed by atoms with van der Waals surface area (Å²) >= 11 is 0. The number of rotatable bonds is 7. The number of hydrogen-bond donors (Lipinski definition) is 2. The van der Waals surface area contributed by atoms with E-state index >= 15 is 0 Å². The van der Waals surface area contributed by atoms with E-state index in [2.05, 4.69) is 5.32 Å². The Balaban J connectivity index is 1.73. The summed E-state index contributed by atoms with van der Waals surface area (Å²) in [5.74, 6) is -0.556. The Morgan fingerprint density at radius 3 is 2.25 bits per heavy atom. The van der Waals surface area contributed by atoms with Gasteiger partial charge in [-0.15, -0.1) is 0 Å². The number of carboxylic acid groups (broad SMARTS) is 1. The summed E-state index contributed by atoms with van der Waals surface area (Å²) in [5.41, 5.74) is -1.71. The van der Waals surface area contributed by atoms with Gasteiger partial charge >= 0.3 is 12.3 Å². The van der Waals surface area contributed by atoms with E-state index in [9.17, 15) is 36.3 Å². The first kappa shape index (κ1) is 28.2. The molecule has 2 amide bonds. The number of carbonyl (C=O) groups excluding carboxylic acids is 1. The highest BCUT2D eigenvalue weighted by molar-refractivity contribution is 7.89.